The van der Waals surface area contributed by atoms with Crippen LogP contribution in [0.1, 0.15) is 79.1 Å². The first-order valence-corrected chi connectivity index (χ1v) is 10.6. The predicted octanol–water partition coefficient (Wildman–Crippen LogP) is 8.20. The molecule has 2 aliphatic rings. The number of alkyl halides is 3. The van der Waals surface area contributed by atoms with Gasteiger partial charge in [-0.15, -0.1) is 13.2 Å². The van der Waals surface area contributed by atoms with Crippen molar-refractivity contribution in [2.75, 3.05) is 0 Å². The summed E-state index contributed by atoms with van der Waals surface area (Å²) in [6, 6.07) is 0. The number of ether oxygens (including phenoxy) is 1. The molecule has 4 heteroatoms. The molecular weight excluding hydrogens is 349 g/mol. The Kier molecular flexibility index (Phi) is 10.3. The van der Waals surface area contributed by atoms with Crippen molar-refractivity contribution in [3.05, 3.63) is 36.1 Å². The summed E-state index contributed by atoms with van der Waals surface area (Å²) in [4.78, 5) is 0. The van der Waals surface area contributed by atoms with Crippen LogP contribution in [0.25, 0.3) is 0 Å². The van der Waals surface area contributed by atoms with Gasteiger partial charge >= 0.3 is 6.36 Å². The van der Waals surface area contributed by atoms with Crippen molar-refractivity contribution in [3.8, 4) is 0 Å². The Balaban J connectivity index is 0.00000176. The predicted molar refractivity (Wildman–Crippen MR) is 107 cm³/mol. The van der Waals surface area contributed by atoms with Crippen molar-refractivity contribution < 1.29 is 17.9 Å². The molecule has 0 aromatic carbocycles. The van der Waals surface area contributed by atoms with E-state index in [0.717, 1.165) is 36.2 Å². The Labute approximate surface area is 163 Å². The summed E-state index contributed by atoms with van der Waals surface area (Å²) < 4.78 is 40.4. The monoisotopic (exact) mass is 386 g/mol. The lowest BCUT2D eigenvalue weighted by Gasteiger charge is -2.37. The lowest BCUT2D eigenvalue weighted by molar-refractivity contribution is -0.303. The molecule has 0 aliphatic heterocycles. The summed E-state index contributed by atoms with van der Waals surface area (Å²) in [5.41, 5.74) is 1.10. The van der Waals surface area contributed by atoms with Gasteiger partial charge in [0.2, 0.25) is 0 Å². The van der Waals surface area contributed by atoms with Gasteiger partial charge in [0.25, 0.3) is 0 Å². The van der Waals surface area contributed by atoms with Crippen molar-refractivity contribution in [2.45, 2.75) is 85.4 Å². The first-order chi connectivity index (χ1) is 12.8. The molecule has 0 unspecified atom stereocenters. The second kappa shape index (κ2) is 11.6. The quantitative estimate of drug-likeness (QED) is 0.342. The first kappa shape index (κ1) is 23.8. The highest BCUT2D eigenvalue weighted by Crippen LogP contribution is 2.42. The average Bonchev–Trinajstić information content (AvgIpc) is 2.64. The number of allylic oxidation sites excluding steroid dienone is 4. The zero-order valence-electron chi connectivity index (χ0n) is 17.4. The molecular formula is C23H37F3O. The highest BCUT2D eigenvalue weighted by molar-refractivity contribution is 5.26. The Morgan fingerprint density at radius 3 is 1.81 bits per heavy atom. The topological polar surface area (TPSA) is 9.23 Å². The third-order valence-electron chi connectivity index (χ3n) is 6.01. The molecule has 0 amide bonds. The maximum atomic E-state index is 12.2. The van der Waals surface area contributed by atoms with E-state index in [2.05, 4.69) is 18.2 Å². The minimum atomic E-state index is -4.67. The SMILES string of the molecule is C=C(/C=C\C(=C/C)C1CCC(C2CCC(C)CC2)CC1)OC(F)(F)F.CC. The van der Waals surface area contributed by atoms with Crippen molar-refractivity contribution in [1.29, 1.82) is 0 Å². The van der Waals surface area contributed by atoms with E-state index < -0.39 is 6.36 Å². The smallest absolute Gasteiger partial charge is 0.406 e. The third kappa shape index (κ3) is 8.57. The van der Waals surface area contributed by atoms with Crippen LogP contribution in [-0.4, -0.2) is 6.36 Å². The maximum Gasteiger partial charge on any atom is 0.573 e. The van der Waals surface area contributed by atoms with Gasteiger partial charge in [-0.1, -0.05) is 52.3 Å². The lowest BCUT2D eigenvalue weighted by atomic mass is 9.68. The Morgan fingerprint density at radius 2 is 1.37 bits per heavy atom. The fraction of sp³-hybridized carbons (Fsp3) is 0.739. The van der Waals surface area contributed by atoms with Crippen LogP contribution in [0.15, 0.2) is 36.1 Å². The molecule has 2 rings (SSSR count). The number of hydrogen-bond acceptors (Lipinski definition) is 1. The van der Waals surface area contributed by atoms with Gasteiger partial charge in [-0.05, 0) is 80.8 Å². The van der Waals surface area contributed by atoms with Gasteiger partial charge in [0.15, 0.2) is 0 Å². The second-order valence-corrected chi connectivity index (χ2v) is 7.77. The highest BCUT2D eigenvalue weighted by Gasteiger charge is 2.32. The minimum absolute atomic E-state index is 0.364. The fourth-order valence-electron chi connectivity index (χ4n) is 4.52. The molecule has 0 N–H and O–H groups in total. The molecule has 0 heterocycles. The Bertz CT molecular complexity index is 488. The van der Waals surface area contributed by atoms with E-state index in [1.807, 2.05) is 26.8 Å². The highest BCUT2D eigenvalue weighted by atomic mass is 19.4. The maximum absolute atomic E-state index is 12.2. The summed E-state index contributed by atoms with van der Waals surface area (Å²) in [7, 11) is 0. The van der Waals surface area contributed by atoms with Crippen LogP contribution in [0.3, 0.4) is 0 Å². The van der Waals surface area contributed by atoms with Gasteiger partial charge in [-0.2, -0.15) is 0 Å². The van der Waals surface area contributed by atoms with E-state index >= 15 is 0 Å². The molecule has 0 atom stereocenters. The molecule has 156 valence electrons. The normalized spacial score (nSPS) is 29.8. The van der Waals surface area contributed by atoms with E-state index in [0.29, 0.717) is 5.92 Å². The van der Waals surface area contributed by atoms with Crippen LogP contribution in [-0.2, 0) is 4.74 Å². The second-order valence-electron chi connectivity index (χ2n) is 7.77. The van der Waals surface area contributed by atoms with E-state index in [4.69, 9.17) is 0 Å². The van der Waals surface area contributed by atoms with Crippen LogP contribution in [0, 0.1) is 23.7 Å². The zero-order chi connectivity index (χ0) is 20.4. The van der Waals surface area contributed by atoms with Crippen LogP contribution in [0.4, 0.5) is 13.2 Å². The van der Waals surface area contributed by atoms with Gasteiger partial charge in [0.05, 0.1) is 0 Å². The van der Waals surface area contributed by atoms with Gasteiger partial charge in [0, 0.05) is 0 Å². The van der Waals surface area contributed by atoms with Crippen molar-refractivity contribution in [3.63, 3.8) is 0 Å². The zero-order valence-corrected chi connectivity index (χ0v) is 17.4. The molecule has 1 nitrogen and oxygen atoms in total. The summed E-state index contributed by atoms with van der Waals surface area (Å²) in [5.74, 6) is 2.70. The van der Waals surface area contributed by atoms with E-state index in [1.165, 1.54) is 44.6 Å². The van der Waals surface area contributed by atoms with E-state index in [-0.39, 0.29) is 5.76 Å². The average molecular weight is 387 g/mol. The summed E-state index contributed by atoms with van der Waals surface area (Å²) >= 11 is 0. The molecule has 2 saturated carbocycles. The van der Waals surface area contributed by atoms with Gasteiger partial charge < -0.3 is 4.74 Å². The lowest BCUT2D eigenvalue weighted by Crippen LogP contribution is -2.25. The largest absolute Gasteiger partial charge is 0.573 e. The van der Waals surface area contributed by atoms with Crippen LogP contribution < -0.4 is 0 Å². The third-order valence-corrected chi connectivity index (χ3v) is 6.01. The summed E-state index contributed by atoms with van der Waals surface area (Å²) in [6.45, 7) is 11.6. The molecule has 2 aliphatic carbocycles. The molecule has 27 heavy (non-hydrogen) atoms. The van der Waals surface area contributed by atoms with Crippen LogP contribution in [0.5, 0.6) is 0 Å². The van der Waals surface area contributed by atoms with E-state index in [9.17, 15) is 13.2 Å². The Hall–Kier alpha value is -1.19. The number of hydrogen-bond donors (Lipinski definition) is 0. The van der Waals surface area contributed by atoms with Crippen LogP contribution >= 0.6 is 0 Å². The van der Waals surface area contributed by atoms with Gasteiger partial charge in [-0.3, -0.25) is 0 Å². The minimum Gasteiger partial charge on any atom is -0.406 e. The molecule has 0 radical (unpaired) electrons. The molecule has 0 aromatic rings. The molecule has 0 aromatic heterocycles. The van der Waals surface area contributed by atoms with Crippen molar-refractivity contribution in [2.24, 2.45) is 23.7 Å². The molecule has 0 saturated heterocycles. The van der Waals surface area contributed by atoms with Gasteiger partial charge in [-0.25, -0.2) is 0 Å². The van der Waals surface area contributed by atoms with Gasteiger partial charge in [0.1, 0.15) is 5.76 Å². The van der Waals surface area contributed by atoms with Crippen molar-refractivity contribution in [1.82, 2.24) is 0 Å². The molecule has 0 bridgehead atoms. The van der Waals surface area contributed by atoms with E-state index in [1.54, 1.807) is 6.08 Å². The first-order valence-electron chi connectivity index (χ1n) is 10.6. The van der Waals surface area contributed by atoms with Crippen molar-refractivity contribution >= 4 is 0 Å². The summed E-state index contributed by atoms with van der Waals surface area (Å²) in [6.07, 6.45) is 10.6. The Morgan fingerprint density at radius 1 is 0.889 bits per heavy atom. The number of halogens is 3. The number of rotatable bonds is 5. The standard InChI is InChI=1S/C21H31F3O.C2H6/c1-4-17(10-7-16(3)25-21(22,23)24)18-11-13-20(14-12-18)19-8-5-15(2)6-9-19;1-2/h4,7,10,15,18-20H,3,5-6,8-9,11-14H2,1-2H3;1-2H3/b10-7-,17-4+;. The molecule has 0 spiro atoms. The fourth-order valence-corrected chi connectivity index (χ4v) is 4.52. The summed E-state index contributed by atoms with van der Waals surface area (Å²) in [5, 5.41) is 0. The van der Waals surface area contributed by atoms with Crippen LogP contribution in [0.2, 0.25) is 0 Å². The molecule has 2 fully saturated rings.